The van der Waals surface area contributed by atoms with E-state index in [1.165, 1.54) is 7.11 Å². The summed E-state index contributed by atoms with van der Waals surface area (Å²) in [5.41, 5.74) is 3.24. The molecule has 0 aliphatic rings. The van der Waals surface area contributed by atoms with Crippen LogP contribution in [0.5, 0.6) is 0 Å². The highest BCUT2D eigenvalue weighted by molar-refractivity contribution is 5.76. The first-order valence-electron chi connectivity index (χ1n) is 5.08. The van der Waals surface area contributed by atoms with Crippen LogP contribution >= 0.6 is 0 Å². The van der Waals surface area contributed by atoms with E-state index in [1.54, 1.807) is 0 Å². The summed E-state index contributed by atoms with van der Waals surface area (Å²) in [7, 11) is 1.38. The van der Waals surface area contributed by atoms with Crippen LogP contribution in [0, 0.1) is 0 Å². The number of carbonyl (C=O) groups is 2. The smallest absolute Gasteiger partial charge is 0.244 e. The van der Waals surface area contributed by atoms with E-state index in [9.17, 15) is 9.59 Å². The van der Waals surface area contributed by atoms with Gasteiger partial charge in [0, 0.05) is 12.8 Å². The predicted molar refractivity (Wildman–Crippen MR) is 59.6 cm³/mol. The highest BCUT2D eigenvalue weighted by atomic mass is 16.6. The molecule has 4 heteroatoms. The Morgan fingerprint density at radius 1 is 1.44 bits per heavy atom. The quantitative estimate of drug-likeness (QED) is 0.584. The van der Waals surface area contributed by atoms with Crippen molar-refractivity contribution >= 4 is 12.2 Å². The average molecular weight is 221 g/mol. The second-order valence-electron chi connectivity index (χ2n) is 3.44. The summed E-state index contributed by atoms with van der Waals surface area (Å²) in [5.74, 6) is -0.313. The summed E-state index contributed by atoms with van der Waals surface area (Å²) < 4.78 is 0. The number of rotatable bonds is 6. The van der Waals surface area contributed by atoms with E-state index in [4.69, 9.17) is 0 Å². The van der Waals surface area contributed by atoms with Gasteiger partial charge >= 0.3 is 0 Å². The minimum absolute atomic E-state index is 0.0890. The van der Waals surface area contributed by atoms with Gasteiger partial charge in [0.2, 0.25) is 5.91 Å². The molecule has 0 spiro atoms. The normalized spacial score (nSPS) is 11.8. The second-order valence-corrected chi connectivity index (χ2v) is 3.44. The molecule has 0 heterocycles. The zero-order valence-corrected chi connectivity index (χ0v) is 9.18. The third-order valence-corrected chi connectivity index (χ3v) is 2.30. The molecule has 4 nitrogen and oxygen atoms in total. The highest BCUT2D eigenvalue weighted by Crippen LogP contribution is 2.21. The van der Waals surface area contributed by atoms with Gasteiger partial charge in [0.15, 0.2) is 0 Å². The van der Waals surface area contributed by atoms with Crippen LogP contribution in [-0.4, -0.2) is 19.3 Å². The lowest BCUT2D eigenvalue weighted by Gasteiger charge is -2.13. The average Bonchev–Trinajstić information content (AvgIpc) is 2.30. The number of hydroxylamine groups is 1. The summed E-state index contributed by atoms with van der Waals surface area (Å²) in [4.78, 5) is 26.4. The maximum atomic E-state index is 11.3. The molecule has 0 fully saturated rings. The molecular weight excluding hydrogens is 206 g/mol. The summed E-state index contributed by atoms with van der Waals surface area (Å²) in [6.07, 6.45) is 1.41. The van der Waals surface area contributed by atoms with Gasteiger partial charge in [-0.2, -0.15) is 0 Å². The molecule has 1 unspecified atom stereocenters. The third-order valence-electron chi connectivity index (χ3n) is 2.30. The fourth-order valence-electron chi connectivity index (χ4n) is 1.56. The van der Waals surface area contributed by atoms with Crippen molar-refractivity contribution in [2.75, 3.05) is 7.11 Å². The Bertz CT molecular complexity index is 337. The van der Waals surface area contributed by atoms with Gasteiger partial charge < -0.3 is 4.79 Å². The summed E-state index contributed by atoms with van der Waals surface area (Å²) >= 11 is 0. The number of nitrogens with one attached hydrogen (secondary N) is 1. The molecule has 0 aliphatic heterocycles. The number of aldehydes is 1. The number of hydrogen-bond acceptors (Lipinski definition) is 3. The number of hydrogen-bond donors (Lipinski definition) is 1. The van der Waals surface area contributed by atoms with E-state index in [2.05, 4.69) is 10.3 Å². The Morgan fingerprint density at radius 2 is 2.12 bits per heavy atom. The summed E-state index contributed by atoms with van der Waals surface area (Å²) in [5, 5.41) is 0. The lowest BCUT2D eigenvalue weighted by atomic mass is 9.93. The standard InChI is InChI=1S/C12H15NO3/c1-16-13-12(15)9-11(7-8-14)10-5-3-2-4-6-10/h2-6,8,11H,7,9H2,1H3,(H,13,15). The lowest BCUT2D eigenvalue weighted by Crippen LogP contribution is -2.23. The predicted octanol–water partition coefficient (Wildman–Crippen LogP) is 1.43. The van der Waals surface area contributed by atoms with E-state index >= 15 is 0 Å². The first-order valence-corrected chi connectivity index (χ1v) is 5.08. The van der Waals surface area contributed by atoms with Gasteiger partial charge in [0.25, 0.3) is 0 Å². The zero-order valence-electron chi connectivity index (χ0n) is 9.18. The van der Waals surface area contributed by atoms with E-state index in [-0.39, 0.29) is 18.2 Å². The van der Waals surface area contributed by atoms with E-state index in [0.717, 1.165) is 11.8 Å². The van der Waals surface area contributed by atoms with Crippen molar-refractivity contribution in [1.82, 2.24) is 5.48 Å². The second kappa shape index (κ2) is 6.74. The van der Waals surface area contributed by atoms with Crippen LogP contribution in [0.4, 0.5) is 0 Å². The summed E-state index contributed by atoms with van der Waals surface area (Å²) in [6.45, 7) is 0. The van der Waals surface area contributed by atoms with Crippen LogP contribution in [0.15, 0.2) is 30.3 Å². The Labute approximate surface area is 94.6 Å². The van der Waals surface area contributed by atoms with Gasteiger partial charge in [-0.15, -0.1) is 0 Å². The first-order chi connectivity index (χ1) is 7.77. The van der Waals surface area contributed by atoms with Crippen LogP contribution in [0.25, 0.3) is 0 Å². The van der Waals surface area contributed by atoms with Crippen molar-refractivity contribution in [2.24, 2.45) is 0 Å². The molecule has 0 aromatic heterocycles. The monoisotopic (exact) mass is 221 g/mol. The topological polar surface area (TPSA) is 55.4 Å². The molecular formula is C12H15NO3. The lowest BCUT2D eigenvalue weighted by molar-refractivity contribution is -0.131. The molecule has 1 aromatic carbocycles. The zero-order chi connectivity index (χ0) is 11.8. The number of benzene rings is 1. The van der Waals surface area contributed by atoms with Crippen LogP contribution in [0.1, 0.15) is 24.3 Å². The van der Waals surface area contributed by atoms with E-state index < -0.39 is 0 Å². The SMILES string of the molecule is CONC(=O)CC(CC=O)c1ccccc1. The molecule has 0 bridgehead atoms. The Balaban J connectivity index is 2.68. The van der Waals surface area contributed by atoms with Crippen molar-refractivity contribution in [2.45, 2.75) is 18.8 Å². The fraction of sp³-hybridized carbons (Fsp3) is 0.333. The summed E-state index contributed by atoms with van der Waals surface area (Å²) in [6, 6.07) is 9.50. The Kier molecular flexibility index (Phi) is 5.22. The molecule has 86 valence electrons. The van der Waals surface area contributed by atoms with Crippen molar-refractivity contribution in [3.63, 3.8) is 0 Å². The van der Waals surface area contributed by atoms with Gasteiger partial charge in [0.1, 0.15) is 6.29 Å². The maximum absolute atomic E-state index is 11.3. The molecule has 0 saturated carbocycles. The molecule has 0 saturated heterocycles. The highest BCUT2D eigenvalue weighted by Gasteiger charge is 2.15. The largest absolute Gasteiger partial charge is 0.303 e. The molecule has 1 aromatic rings. The van der Waals surface area contributed by atoms with E-state index in [1.807, 2.05) is 30.3 Å². The van der Waals surface area contributed by atoms with Crippen LogP contribution in [0.2, 0.25) is 0 Å². The molecule has 1 rings (SSSR count). The van der Waals surface area contributed by atoms with E-state index in [0.29, 0.717) is 6.42 Å². The molecule has 0 radical (unpaired) electrons. The van der Waals surface area contributed by atoms with Crippen molar-refractivity contribution in [1.29, 1.82) is 0 Å². The van der Waals surface area contributed by atoms with Gasteiger partial charge in [0.05, 0.1) is 7.11 Å². The number of carbonyl (C=O) groups excluding carboxylic acids is 2. The van der Waals surface area contributed by atoms with Gasteiger partial charge in [-0.25, -0.2) is 5.48 Å². The molecule has 1 N–H and O–H groups in total. The van der Waals surface area contributed by atoms with Gasteiger partial charge in [-0.1, -0.05) is 30.3 Å². The third kappa shape index (κ3) is 3.82. The maximum Gasteiger partial charge on any atom is 0.244 e. The fourth-order valence-corrected chi connectivity index (χ4v) is 1.56. The van der Waals surface area contributed by atoms with Crippen LogP contribution in [-0.2, 0) is 14.4 Å². The molecule has 0 aliphatic carbocycles. The Morgan fingerprint density at radius 3 is 2.69 bits per heavy atom. The van der Waals surface area contributed by atoms with Gasteiger partial charge in [-0.05, 0) is 11.5 Å². The molecule has 1 atom stereocenters. The van der Waals surface area contributed by atoms with Crippen molar-refractivity contribution in [3.05, 3.63) is 35.9 Å². The first kappa shape index (κ1) is 12.4. The minimum Gasteiger partial charge on any atom is -0.303 e. The number of amides is 1. The van der Waals surface area contributed by atoms with Crippen molar-refractivity contribution < 1.29 is 14.4 Å². The van der Waals surface area contributed by atoms with Gasteiger partial charge in [-0.3, -0.25) is 9.63 Å². The molecule has 1 amide bonds. The Hall–Kier alpha value is -1.68. The van der Waals surface area contributed by atoms with Crippen LogP contribution in [0.3, 0.4) is 0 Å². The van der Waals surface area contributed by atoms with Crippen molar-refractivity contribution in [3.8, 4) is 0 Å². The molecule has 16 heavy (non-hydrogen) atoms. The van der Waals surface area contributed by atoms with Crippen LogP contribution < -0.4 is 5.48 Å². The minimum atomic E-state index is -0.224.